The van der Waals surface area contributed by atoms with Crippen LogP contribution in [0.15, 0.2) is 53.4 Å². The Morgan fingerprint density at radius 1 is 1.00 bits per heavy atom. The summed E-state index contributed by atoms with van der Waals surface area (Å²) in [5, 5.41) is 0. The Kier molecular flexibility index (Phi) is 4.35. The standard InChI is InChI=1S/C15H15ClO3S/c1-11(2)12-7-9-13(10-8-12)19-14-5-3-4-6-15(14)20(16,17)18/h3-11H,1-2H3. The van der Waals surface area contributed by atoms with Gasteiger partial charge in [-0.25, -0.2) is 8.42 Å². The maximum atomic E-state index is 11.5. The molecule has 0 atom stereocenters. The molecule has 5 heteroatoms. The summed E-state index contributed by atoms with van der Waals surface area (Å²) in [4.78, 5) is -0.0328. The molecule has 2 rings (SSSR count). The van der Waals surface area contributed by atoms with Gasteiger partial charge in [0.25, 0.3) is 9.05 Å². The number of para-hydroxylation sites is 1. The lowest BCUT2D eigenvalue weighted by Gasteiger charge is -2.10. The van der Waals surface area contributed by atoms with Crippen molar-refractivity contribution in [2.24, 2.45) is 0 Å². The molecule has 0 spiro atoms. The van der Waals surface area contributed by atoms with Crippen LogP contribution in [0.1, 0.15) is 25.3 Å². The molecule has 0 aromatic heterocycles. The summed E-state index contributed by atoms with van der Waals surface area (Å²) in [6, 6.07) is 13.8. The van der Waals surface area contributed by atoms with Gasteiger partial charge in [0.2, 0.25) is 0 Å². The zero-order valence-corrected chi connectivity index (χ0v) is 12.8. The predicted molar refractivity (Wildman–Crippen MR) is 80.1 cm³/mol. The minimum absolute atomic E-state index is 0.0328. The van der Waals surface area contributed by atoms with Crippen LogP contribution in [0.3, 0.4) is 0 Å². The van der Waals surface area contributed by atoms with E-state index in [1.165, 1.54) is 11.6 Å². The van der Waals surface area contributed by atoms with Gasteiger partial charge in [0.1, 0.15) is 16.4 Å². The van der Waals surface area contributed by atoms with Crippen LogP contribution < -0.4 is 4.74 Å². The van der Waals surface area contributed by atoms with Crippen LogP contribution in [0.4, 0.5) is 0 Å². The molecule has 0 unspecified atom stereocenters. The number of rotatable bonds is 4. The van der Waals surface area contributed by atoms with Crippen LogP contribution in [0.5, 0.6) is 11.5 Å². The van der Waals surface area contributed by atoms with Gasteiger partial charge in [-0.2, -0.15) is 0 Å². The number of benzene rings is 2. The topological polar surface area (TPSA) is 43.4 Å². The Morgan fingerprint density at radius 3 is 2.15 bits per heavy atom. The minimum Gasteiger partial charge on any atom is -0.456 e. The number of ether oxygens (including phenoxy) is 1. The van der Waals surface area contributed by atoms with Gasteiger partial charge < -0.3 is 4.74 Å². The molecule has 3 nitrogen and oxygen atoms in total. The Hall–Kier alpha value is -1.52. The third-order valence-corrected chi connectivity index (χ3v) is 4.25. The minimum atomic E-state index is -3.83. The maximum absolute atomic E-state index is 11.5. The number of hydrogen-bond acceptors (Lipinski definition) is 3. The lowest BCUT2D eigenvalue weighted by atomic mass is 10.0. The van der Waals surface area contributed by atoms with Crippen LogP contribution in [0.25, 0.3) is 0 Å². The monoisotopic (exact) mass is 310 g/mol. The van der Waals surface area contributed by atoms with E-state index in [1.54, 1.807) is 18.2 Å². The van der Waals surface area contributed by atoms with Gasteiger partial charge in [0, 0.05) is 10.7 Å². The highest BCUT2D eigenvalue weighted by atomic mass is 35.7. The summed E-state index contributed by atoms with van der Waals surface area (Å²) in [5.74, 6) is 1.22. The molecule has 0 aliphatic heterocycles. The highest BCUT2D eigenvalue weighted by Crippen LogP contribution is 2.31. The van der Waals surface area contributed by atoms with E-state index < -0.39 is 9.05 Å². The van der Waals surface area contributed by atoms with Gasteiger partial charge in [0.05, 0.1) is 0 Å². The summed E-state index contributed by atoms with van der Waals surface area (Å²) >= 11 is 0. The Morgan fingerprint density at radius 2 is 1.60 bits per heavy atom. The van der Waals surface area contributed by atoms with E-state index in [4.69, 9.17) is 15.4 Å². The molecule has 0 N–H and O–H groups in total. The lowest BCUT2D eigenvalue weighted by molar-refractivity contribution is 0.468. The van der Waals surface area contributed by atoms with E-state index in [0.29, 0.717) is 11.7 Å². The third-order valence-electron chi connectivity index (χ3n) is 2.89. The molecule has 0 saturated carbocycles. The van der Waals surface area contributed by atoms with Crippen molar-refractivity contribution in [3.05, 3.63) is 54.1 Å². The fourth-order valence-electron chi connectivity index (χ4n) is 1.78. The molecule has 0 aliphatic rings. The van der Waals surface area contributed by atoms with E-state index in [0.717, 1.165) is 0 Å². The van der Waals surface area contributed by atoms with Gasteiger partial charge in [-0.15, -0.1) is 0 Å². The molecule has 0 fully saturated rings. The van der Waals surface area contributed by atoms with Crippen molar-refractivity contribution in [1.82, 2.24) is 0 Å². The molecule has 0 heterocycles. The largest absolute Gasteiger partial charge is 0.456 e. The van der Waals surface area contributed by atoms with Crippen LogP contribution in [-0.2, 0) is 9.05 Å². The molecular weight excluding hydrogens is 296 g/mol. The zero-order chi connectivity index (χ0) is 14.8. The number of halogens is 1. The Labute approximate surface area is 123 Å². The average Bonchev–Trinajstić information content (AvgIpc) is 2.38. The van der Waals surface area contributed by atoms with Crippen molar-refractivity contribution in [1.29, 1.82) is 0 Å². The third kappa shape index (κ3) is 3.52. The van der Waals surface area contributed by atoms with Gasteiger partial charge >= 0.3 is 0 Å². The van der Waals surface area contributed by atoms with Gasteiger partial charge in [0.15, 0.2) is 0 Å². The normalized spacial score (nSPS) is 11.6. The Balaban J connectivity index is 2.31. The molecule has 0 bridgehead atoms. The van der Waals surface area contributed by atoms with E-state index in [-0.39, 0.29) is 10.6 Å². The SMILES string of the molecule is CC(C)c1ccc(Oc2ccccc2S(=O)(=O)Cl)cc1. The second-order valence-electron chi connectivity index (χ2n) is 4.71. The second-order valence-corrected chi connectivity index (χ2v) is 7.24. The first kappa shape index (κ1) is 14.9. The molecular formula is C15H15ClO3S. The highest BCUT2D eigenvalue weighted by Gasteiger charge is 2.16. The van der Waals surface area contributed by atoms with Crippen LogP contribution >= 0.6 is 10.7 Å². The van der Waals surface area contributed by atoms with Crippen molar-refractivity contribution in [3.63, 3.8) is 0 Å². The van der Waals surface area contributed by atoms with E-state index in [2.05, 4.69) is 13.8 Å². The fraction of sp³-hybridized carbons (Fsp3) is 0.200. The summed E-state index contributed by atoms with van der Waals surface area (Å²) in [7, 11) is 1.56. The second kappa shape index (κ2) is 5.85. The first-order valence-electron chi connectivity index (χ1n) is 6.19. The Bertz CT molecular complexity index is 691. The van der Waals surface area contributed by atoms with E-state index >= 15 is 0 Å². The summed E-state index contributed by atoms with van der Waals surface area (Å²) in [6.07, 6.45) is 0. The number of hydrogen-bond donors (Lipinski definition) is 0. The molecule has 0 saturated heterocycles. The summed E-state index contributed by atoms with van der Waals surface area (Å²) < 4.78 is 28.6. The van der Waals surface area contributed by atoms with Gasteiger partial charge in [-0.1, -0.05) is 38.1 Å². The van der Waals surface area contributed by atoms with Gasteiger partial charge in [-0.05, 0) is 35.7 Å². The van der Waals surface area contributed by atoms with E-state index in [9.17, 15) is 8.42 Å². The van der Waals surface area contributed by atoms with Crippen molar-refractivity contribution >= 4 is 19.7 Å². The van der Waals surface area contributed by atoms with Crippen LogP contribution in [-0.4, -0.2) is 8.42 Å². The average molecular weight is 311 g/mol. The molecule has 20 heavy (non-hydrogen) atoms. The van der Waals surface area contributed by atoms with Crippen LogP contribution in [0.2, 0.25) is 0 Å². The van der Waals surface area contributed by atoms with Crippen molar-refractivity contribution in [2.75, 3.05) is 0 Å². The lowest BCUT2D eigenvalue weighted by Crippen LogP contribution is -1.95. The van der Waals surface area contributed by atoms with Crippen molar-refractivity contribution < 1.29 is 13.2 Å². The summed E-state index contributed by atoms with van der Waals surface area (Å²) in [6.45, 7) is 4.20. The first-order valence-corrected chi connectivity index (χ1v) is 8.50. The molecule has 0 amide bonds. The molecule has 106 valence electrons. The first-order chi connectivity index (χ1) is 9.38. The molecule has 0 radical (unpaired) electrons. The highest BCUT2D eigenvalue weighted by molar-refractivity contribution is 8.13. The van der Waals surface area contributed by atoms with Gasteiger partial charge in [-0.3, -0.25) is 0 Å². The molecule has 2 aromatic carbocycles. The molecule has 0 aliphatic carbocycles. The fourth-order valence-corrected chi connectivity index (χ4v) is 2.76. The van der Waals surface area contributed by atoms with Crippen LogP contribution in [0, 0.1) is 0 Å². The predicted octanol–water partition coefficient (Wildman–Crippen LogP) is 4.53. The summed E-state index contributed by atoms with van der Waals surface area (Å²) in [5.41, 5.74) is 1.19. The smallest absolute Gasteiger partial charge is 0.265 e. The quantitative estimate of drug-likeness (QED) is 0.779. The van der Waals surface area contributed by atoms with Crippen molar-refractivity contribution in [2.45, 2.75) is 24.7 Å². The van der Waals surface area contributed by atoms with Crippen molar-refractivity contribution in [3.8, 4) is 11.5 Å². The molecule has 2 aromatic rings. The maximum Gasteiger partial charge on any atom is 0.265 e. The van der Waals surface area contributed by atoms with E-state index in [1.807, 2.05) is 24.3 Å². The zero-order valence-electron chi connectivity index (χ0n) is 11.2.